The van der Waals surface area contributed by atoms with E-state index in [9.17, 15) is 4.79 Å². The molecule has 0 radical (unpaired) electrons. The quantitative estimate of drug-likeness (QED) is 0.850. The molecule has 0 unspecified atom stereocenters. The second kappa shape index (κ2) is 6.47. The number of pyridine rings is 1. The highest BCUT2D eigenvalue weighted by molar-refractivity contribution is 5.92. The van der Waals surface area contributed by atoms with Gasteiger partial charge in [-0.3, -0.25) is 9.78 Å². The molecule has 1 aromatic carbocycles. The summed E-state index contributed by atoms with van der Waals surface area (Å²) in [6, 6.07) is 10.8. The molecule has 1 fully saturated rings. The van der Waals surface area contributed by atoms with Crippen LogP contribution in [0.1, 0.15) is 36.2 Å². The standard InChI is InChI=1S/C17H19N3O2/c18-12-5-7-14(8-6-12)22-15-9-10-19-16(11-15)17(21)20-13-3-1-2-4-13/h5-11,13H,1-4,18H2,(H,20,21). The second-order valence-corrected chi connectivity index (χ2v) is 5.50. The number of aromatic nitrogens is 1. The zero-order valence-corrected chi connectivity index (χ0v) is 12.3. The van der Waals surface area contributed by atoms with Crippen LogP contribution in [0.25, 0.3) is 0 Å². The van der Waals surface area contributed by atoms with E-state index in [2.05, 4.69) is 10.3 Å². The monoisotopic (exact) mass is 297 g/mol. The second-order valence-electron chi connectivity index (χ2n) is 5.50. The van der Waals surface area contributed by atoms with E-state index >= 15 is 0 Å². The fourth-order valence-electron chi connectivity index (χ4n) is 2.60. The average molecular weight is 297 g/mol. The summed E-state index contributed by atoms with van der Waals surface area (Å²) in [5, 5.41) is 3.02. The summed E-state index contributed by atoms with van der Waals surface area (Å²) in [6.45, 7) is 0. The number of hydrogen-bond donors (Lipinski definition) is 2. The van der Waals surface area contributed by atoms with E-state index in [1.54, 1.807) is 42.6 Å². The van der Waals surface area contributed by atoms with E-state index in [0.29, 0.717) is 22.9 Å². The molecule has 1 amide bonds. The molecule has 1 aliphatic rings. The number of carbonyl (C=O) groups excluding carboxylic acids is 1. The zero-order chi connectivity index (χ0) is 15.4. The highest BCUT2D eigenvalue weighted by Crippen LogP contribution is 2.23. The molecule has 0 spiro atoms. The third-order valence-electron chi connectivity index (χ3n) is 3.77. The van der Waals surface area contributed by atoms with Crippen molar-refractivity contribution < 1.29 is 9.53 Å². The first-order chi connectivity index (χ1) is 10.7. The number of benzene rings is 1. The maximum atomic E-state index is 12.2. The maximum Gasteiger partial charge on any atom is 0.270 e. The molecule has 3 N–H and O–H groups in total. The molecule has 114 valence electrons. The molecular formula is C17H19N3O2. The molecule has 1 aliphatic carbocycles. The van der Waals surface area contributed by atoms with Gasteiger partial charge in [0.1, 0.15) is 17.2 Å². The Labute approximate surface area is 129 Å². The van der Waals surface area contributed by atoms with E-state index in [1.165, 1.54) is 12.8 Å². The Morgan fingerprint density at radius 1 is 1.14 bits per heavy atom. The number of anilines is 1. The number of nitrogens with zero attached hydrogens (tertiary/aromatic N) is 1. The van der Waals surface area contributed by atoms with Gasteiger partial charge in [-0.25, -0.2) is 0 Å². The zero-order valence-electron chi connectivity index (χ0n) is 12.3. The molecular weight excluding hydrogens is 278 g/mol. The van der Waals surface area contributed by atoms with Gasteiger partial charge in [0.25, 0.3) is 5.91 Å². The van der Waals surface area contributed by atoms with Gasteiger partial charge in [0.2, 0.25) is 0 Å². The van der Waals surface area contributed by atoms with Crippen molar-refractivity contribution in [2.75, 3.05) is 5.73 Å². The summed E-state index contributed by atoms with van der Waals surface area (Å²) in [4.78, 5) is 16.3. The van der Waals surface area contributed by atoms with Gasteiger partial charge in [-0.1, -0.05) is 12.8 Å². The van der Waals surface area contributed by atoms with Gasteiger partial charge >= 0.3 is 0 Å². The predicted molar refractivity (Wildman–Crippen MR) is 84.9 cm³/mol. The van der Waals surface area contributed by atoms with Gasteiger partial charge in [0, 0.05) is 24.0 Å². The smallest absolute Gasteiger partial charge is 0.270 e. The molecule has 1 saturated carbocycles. The van der Waals surface area contributed by atoms with Crippen LogP contribution in [0.4, 0.5) is 5.69 Å². The first kappa shape index (κ1) is 14.4. The van der Waals surface area contributed by atoms with Crippen LogP contribution in [0.2, 0.25) is 0 Å². The van der Waals surface area contributed by atoms with E-state index < -0.39 is 0 Å². The van der Waals surface area contributed by atoms with Crippen molar-refractivity contribution in [1.29, 1.82) is 0 Å². The van der Waals surface area contributed by atoms with Crippen LogP contribution >= 0.6 is 0 Å². The number of carbonyl (C=O) groups is 1. The molecule has 22 heavy (non-hydrogen) atoms. The van der Waals surface area contributed by atoms with Crippen LogP contribution in [0.15, 0.2) is 42.6 Å². The minimum atomic E-state index is -0.144. The lowest BCUT2D eigenvalue weighted by Crippen LogP contribution is -2.33. The lowest BCUT2D eigenvalue weighted by atomic mass is 10.2. The number of nitrogens with two attached hydrogens (primary N) is 1. The Hall–Kier alpha value is -2.56. The lowest BCUT2D eigenvalue weighted by Gasteiger charge is -2.12. The van der Waals surface area contributed by atoms with Crippen LogP contribution in [-0.2, 0) is 0 Å². The fraction of sp³-hybridized carbons (Fsp3) is 0.294. The number of ether oxygens (including phenoxy) is 1. The predicted octanol–water partition coefficient (Wildman–Crippen LogP) is 3.13. The molecule has 0 aliphatic heterocycles. The molecule has 5 heteroatoms. The number of amides is 1. The molecule has 3 rings (SSSR count). The Morgan fingerprint density at radius 2 is 1.86 bits per heavy atom. The van der Waals surface area contributed by atoms with Crippen molar-refractivity contribution >= 4 is 11.6 Å². The summed E-state index contributed by atoms with van der Waals surface area (Å²) >= 11 is 0. The molecule has 0 atom stereocenters. The lowest BCUT2D eigenvalue weighted by molar-refractivity contribution is 0.0932. The highest BCUT2D eigenvalue weighted by Gasteiger charge is 2.18. The molecule has 1 heterocycles. The normalized spacial score (nSPS) is 14.7. The number of nitrogens with one attached hydrogen (secondary N) is 1. The van der Waals surface area contributed by atoms with Gasteiger partial charge in [-0.2, -0.15) is 0 Å². The molecule has 1 aromatic heterocycles. The van der Waals surface area contributed by atoms with Crippen LogP contribution in [0.5, 0.6) is 11.5 Å². The highest BCUT2D eigenvalue weighted by atomic mass is 16.5. The van der Waals surface area contributed by atoms with E-state index in [-0.39, 0.29) is 11.9 Å². The largest absolute Gasteiger partial charge is 0.457 e. The summed E-state index contributed by atoms with van der Waals surface area (Å²) in [5.41, 5.74) is 6.70. The van der Waals surface area contributed by atoms with Crippen molar-refractivity contribution in [2.24, 2.45) is 0 Å². The number of nitrogen functional groups attached to an aromatic ring is 1. The first-order valence-electron chi connectivity index (χ1n) is 7.51. The Morgan fingerprint density at radius 3 is 2.59 bits per heavy atom. The van der Waals surface area contributed by atoms with Crippen molar-refractivity contribution in [1.82, 2.24) is 10.3 Å². The SMILES string of the molecule is Nc1ccc(Oc2ccnc(C(=O)NC3CCCC3)c2)cc1. The minimum Gasteiger partial charge on any atom is -0.457 e. The molecule has 0 bridgehead atoms. The third-order valence-corrected chi connectivity index (χ3v) is 3.77. The Balaban J connectivity index is 1.68. The van der Waals surface area contributed by atoms with Crippen molar-refractivity contribution in [2.45, 2.75) is 31.7 Å². The first-order valence-corrected chi connectivity index (χ1v) is 7.51. The maximum absolute atomic E-state index is 12.2. The van der Waals surface area contributed by atoms with Crippen LogP contribution < -0.4 is 15.8 Å². The average Bonchev–Trinajstić information content (AvgIpc) is 3.03. The van der Waals surface area contributed by atoms with Crippen LogP contribution in [0.3, 0.4) is 0 Å². The molecule has 0 saturated heterocycles. The van der Waals surface area contributed by atoms with E-state index in [4.69, 9.17) is 10.5 Å². The summed E-state index contributed by atoms with van der Waals surface area (Å²) in [5.74, 6) is 1.11. The van der Waals surface area contributed by atoms with E-state index in [0.717, 1.165) is 12.8 Å². The van der Waals surface area contributed by atoms with Gasteiger partial charge in [-0.05, 0) is 43.2 Å². The Kier molecular flexibility index (Phi) is 4.23. The van der Waals surface area contributed by atoms with Crippen molar-refractivity contribution in [3.8, 4) is 11.5 Å². The van der Waals surface area contributed by atoms with Gasteiger partial charge < -0.3 is 15.8 Å². The van der Waals surface area contributed by atoms with Crippen molar-refractivity contribution in [3.63, 3.8) is 0 Å². The van der Waals surface area contributed by atoms with Crippen LogP contribution in [0, 0.1) is 0 Å². The van der Waals surface area contributed by atoms with E-state index in [1.807, 2.05) is 0 Å². The van der Waals surface area contributed by atoms with Gasteiger partial charge in [0.15, 0.2) is 0 Å². The molecule has 2 aromatic rings. The Bertz CT molecular complexity index is 649. The summed E-state index contributed by atoms with van der Waals surface area (Å²) < 4.78 is 5.72. The topological polar surface area (TPSA) is 77.2 Å². The summed E-state index contributed by atoms with van der Waals surface area (Å²) in [6.07, 6.45) is 6.04. The number of hydrogen-bond acceptors (Lipinski definition) is 4. The minimum absolute atomic E-state index is 0.144. The van der Waals surface area contributed by atoms with Crippen LogP contribution in [-0.4, -0.2) is 16.9 Å². The molecule has 5 nitrogen and oxygen atoms in total. The van der Waals surface area contributed by atoms with Crippen molar-refractivity contribution in [3.05, 3.63) is 48.3 Å². The van der Waals surface area contributed by atoms with Gasteiger partial charge in [-0.15, -0.1) is 0 Å². The number of rotatable bonds is 4. The fourth-order valence-corrected chi connectivity index (χ4v) is 2.60. The van der Waals surface area contributed by atoms with Gasteiger partial charge in [0.05, 0.1) is 0 Å². The third kappa shape index (κ3) is 3.55. The summed E-state index contributed by atoms with van der Waals surface area (Å²) in [7, 11) is 0.